The van der Waals surface area contributed by atoms with Crippen molar-refractivity contribution in [2.24, 2.45) is 0 Å². The average molecular weight is 386 g/mol. The molecule has 1 aliphatic rings. The molecule has 1 aromatic heterocycles. The van der Waals surface area contributed by atoms with Gasteiger partial charge in [0, 0.05) is 34.2 Å². The number of cyclic esters (lactones) is 1. The summed E-state index contributed by atoms with van der Waals surface area (Å²) in [5, 5.41) is 11.7. The van der Waals surface area contributed by atoms with Crippen LogP contribution in [-0.4, -0.2) is 28.0 Å². The molecule has 5 nitrogen and oxygen atoms in total. The zero-order valence-corrected chi connectivity index (χ0v) is 14.7. The van der Waals surface area contributed by atoms with E-state index in [9.17, 15) is 19.1 Å². The van der Waals surface area contributed by atoms with Crippen LogP contribution in [0.25, 0.3) is 16.7 Å². The summed E-state index contributed by atoms with van der Waals surface area (Å²) in [6.45, 7) is 0.152. The number of halogens is 2. The van der Waals surface area contributed by atoms with Gasteiger partial charge < -0.3 is 14.4 Å². The number of rotatable bonds is 3. The predicted octanol–water partition coefficient (Wildman–Crippen LogP) is 3.88. The molecule has 2 aromatic carbocycles. The summed E-state index contributed by atoms with van der Waals surface area (Å²) >= 11 is 6.10. The minimum atomic E-state index is -0.982. The lowest BCUT2D eigenvalue weighted by molar-refractivity contribution is -0.146. The molecule has 0 bridgehead atoms. The van der Waals surface area contributed by atoms with Crippen molar-refractivity contribution in [1.29, 1.82) is 0 Å². The third kappa shape index (κ3) is 3.08. The maximum atomic E-state index is 13.1. The fourth-order valence-corrected chi connectivity index (χ4v) is 3.28. The number of fused-ring (bicyclic) bond motifs is 1. The van der Waals surface area contributed by atoms with E-state index in [2.05, 4.69) is 0 Å². The van der Waals surface area contributed by atoms with E-state index >= 15 is 0 Å². The van der Waals surface area contributed by atoms with Crippen molar-refractivity contribution in [1.82, 2.24) is 4.57 Å². The third-order valence-electron chi connectivity index (χ3n) is 4.46. The van der Waals surface area contributed by atoms with E-state index in [0.717, 1.165) is 11.1 Å². The Balaban J connectivity index is 1.85. The normalized spacial score (nSPS) is 16.1. The summed E-state index contributed by atoms with van der Waals surface area (Å²) in [4.78, 5) is 23.2. The third-order valence-corrected chi connectivity index (χ3v) is 4.69. The summed E-state index contributed by atoms with van der Waals surface area (Å²) < 4.78 is 19.7. The Kier molecular flexibility index (Phi) is 4.20. The van der Waals surface area contributed by atoms with Crippen LogP contribution in [0.1, 0.15) is 11.1 Å². The van der Waals surface area contributed by atoms with Crippen LogP contribution < -0.4 is 0 Å². The lowest BCUT2D eigenvalue weighted by atomic mass is 10.1. The van der Waals surface area contributed by atoms with Gasteiger partial charge in [0.05, 0.1) is 5.57 Å². The fourth-order valence-electron chi connectivity index (χ4n) is 3.11. The highest BCUT2D eigenvalue weighted by Gasteiger charge is 2.33. The van der Waals surface area contributed by atoms with Crippen molar-refractivity contribution >= 4 is 40.0 Å². The zero-order chi connectivity index (χ0) is 19.1. The van der Waals surface area contributed by atoms with Crippen molar-refractivity contribution in [3.63, 3.8) is 0 Å². The number of carbonyl (C=O) groups is 2. The van der Waals surface area contributed by atoms with Gasteiger partial charge in [0.15, 0.2) is 0 Å². The molecule has 27 heavy (non-hydrogen) atoms. The molecule has 7 heteroatoms. The topological polar surface area (TPSA) is 68.5 Å². The first-order valence-electron chi connectivity index (χ1n) is 8.11. The Labute approximate surface area is 158 Å². The molecule has 1 aliphatic heterocycles. The van der Waals surface area contributed by atoms with Gasteiger partial charge in [-0.2, -0.15) is 0 Å². The van der Waals surface area contributed by atoms with Gasteiger partial charge >= 0.3 is 5.97 Å². The largest absolute Gasteiger partial charge is 0.507 e. The van der Waals surface area contributed by atoms with E-state index in [-0.39, 0.29) is 23.8 Å². The van der Waals surface area contributed by atoms with Gasteiger partial charge in [-0.3, -0.25) is 4.79 Å². The van der Waals surface area contributed by atoms with Gasteiger partial charge in [0.2, 0.25) is 0 Å². The van der Waals surface area contributed by atoms with Crippen LogP contribution in [0.15, 0.2) is 54.2 Å². The molecule has 3 aromatic rings. The summed E-state index contributed by atoms with van der Waals surface area (Å²) in [6, 6.07) is 11.3. The maximum absolute atomic E-state index is 13.1. The molecule has 0 unspecified atom stereocenters. The van der Waals surface area contributed by atoms with E-state index < -0.39 is 11.8 Å². The summed E-state index contributed by atoms with van der Waals surface area (Å²) in [7, 11) is 0. The molecule has 0 radical (unpaired) electrons. The average Bonchev–Trinajstić information content (AvgIpc) is 3.17. The van der Waals surface area contributed by atoms with Crippen LogP contribution in [0.5, 0.6) is 0 Å². The van der Waals surface area contributed by atoms with Crippen molar-refractivity contribution in [2.75, 3.05) is 6.61 Å². The minimum Gasteiger partial charge on any atom is -0.507 e. The van der Waals surface area contributed by atoms with E-state index in [1.54, 1.807) is 36.5 Å². The lowest BCUT2D eigenvalue weighted by Gasteiger charge is -2.05. The predicted molar refractivity (Wildman–Crippen MR) is 98.0 cm³/mol. The summed E-state index contributed by atoms with van der Waals surface area (Å²) in [6.07, 6.45) is 1.67. The van der Waals surface area contributed by atoms with Crippen LogP contribution in [0.4, 0.5) is 4.39 Å². The van der Waals surface area contributed by atoms with E-state index in [4.69, 9.17) is 16.3 Å². The summed E-state index contributed by atoms with van der Waals surface area (Å²) in [5.74, 6) is -2.47. The number of Topliss-reactive ketones (excluding diaryl/α,β-unsaturated/α-hetero) is 1. The van der Waals surface area contributed by atoms with Crippen LogP contribution in [0.3, 0.4) is 0 Å². The van der Waals surface area contributed by atoms with Crippen LogP contribution >= 0.6 is 11.6 Å². The SMILES string of the molecule is O=C1OC/C(=C(/O)c2cn(Cc3ccc(F)cc3)c3ccc(Cl)cc23)C1=O. The molecule has 1 N–H and O–H groups in total. The lowest BCUT2D eigenvalue weighted by Crippen LogP contribution is -2.08. The van der Waals surface area contributed by atoms with E-state index in [1.165, 1.54) is 12.1 Å². The highest BCUT2D eigenvalue weighted by molar-refractivity contribution is 6.43. The molecular formula is C20H13ClFNO4. The van der Waals surface area contributed by atoms with Gasteiger partial charge in [-0.05, 0) is 35.9 Å². The molecule has 2 heterocycles. The Hall–Kier alpha value is -3.12. The number of nitrogens with zero attached hydrogens (tertiary/aromatic N) is 1. The minimum absolute atomic E-state index is 0.0826. The van der Waals surface area contributed by atoms with Gasteiger partial charge in [0.1, 0.15) is 18.2 Å². The number of ketones is 1. The number of hydrogen-bond acceptors (Lipinski definition) is 4. The Morgan fingerprint density at radius 1 is 1.19 bits per heavy atom. The molecule has 0 amide bonds. The number of aromatic nitrogens is 1. The number of hydrogen-bond donors (Lipinski definition) is 1. The number of aliphatic hydroxyl groups excluding tert-OH is 1. The fraction of sp³-hybridized carbons (Fsp3) is 0.100. The number of carbonyl (C=O) groups excluding carboxylic acids is 2. The Morgan fingerprint density at radius 3 is 2.59 bits per heavy atom. The Bertz CT molecular complexity index is 1110. The van der Waals surface area contributed by atoms with Gasteiger partial charge in [-0.25, -0.2) is 9.18 Å². The van der Waals surface area contributed by atoms with Gasteiger partial charge in [-0.15, -0.1) is 0 Å². The molecule has 0 saturated carbocycles. The molecule has 136 valence electrons. The second-order valence-corrected chi connectivity index (χ2v) is 6.63. The van der Waals surface area contributed by atoms with Crippen LogP contribution in [0.2, 0.25) is 5.02 Å². The summed E-state index contributed by atoms with van der Waals surface area (Å²) in [5.41, 5.74) is 1.91. The van der Waals surface area contributed by atoms with Crippen molar-refractivity contribution < 1.29 is 23.8 Å². The second-order valence-electron chi connectivity index (χ2n) is 6.19. The molecular weight excluding hydrogens is 373 g/mol. The van der Waals surface area contributed by atoms with Crippen LogP contribution in [0, 0.1) is 5.82 Å². The van der Waals surface area contributed by atoms with Crippen molar-refractivity contribution in [3.8, 4) is 0 Å². The highest BCUT2D eigenvalue weighted by Crippen LogP contribution is 2.32. The molecule has 1 saturated heterocycles. The maximum Gasteiger partial charge on any atom is 0.379 e. The molecule has 0 spiro atoms. The molecule has 0 atom stereocenters. The van der Waals surface area contributed by atoms with Crippen molar-refractivity contribution in [3.05, 3.63) is 76.2 Å². The molecule has 0 aliphatic carbocycles. The number of aliphatic hydroxyl groups is 1. The number of benzene rings is 2. The first kappa shape index (κ1) is 17.3. The monoisotopic (exact) mass is 385 g/mol. The number of ether oxygens (including phenoxy) is 1. The first-order valence-corrected chi connectivity index (χ1v) is 8.48. The first-order chi connectivity index (χ1) is 12.9. The van der Waals surface area contributed by atoms with Crippen molar-refractivity contribution in [2.45, 2.75) is 6.54 Å². The quantitative estimate of drug-likeness (QED) is 0.321. The number of esters is 1. The Morgan fingerprint density at radius 2 is 1.93 bits per heavy atom. The molecule has 1 fully saturated rings. The highest BCUT2D eigenvalue weighted by atomic mass is 35.5. The van der Waals surface area contributed by atoms with Gasteiger partial charge in [-0.1, -0.05) is 23.7 Å². The van der Waals surface area contributed by atoms with Crippen LogP contribution in [-0.2, 0) is 20.9 Å². The standard InChI is InChI=1S/C20H13ClFNO4/c21-12-3-6-17-14(7-12)15(18(24)16-10-27-20(26)19(16)25)9-23(17)8-11-1-4-13(22)5-2-11/h1-7,9,24H,8,10H2/b18-16-. The molecule has 4 rings (SSSR count). The second kappa shape index (κ2) is 6.55. The van der Waals surface area contributed by atoms with Gasteiger partial charge in [0.25, 0.3) is 5.78 Å². The zero-order valence-electron chi connectivity index (χ0n) is 13.9. The van der Waals surface area contributed by atoms with E-state index in [0.29, 0.717) is 22.5 Å². The smallest absolute Gasteiger partial charge is 0.379 e. The van der Waals surface area contributed by atoms with E-state index in [1.807, 2.05) is 4.57 Å².